The summed E-state index contributed by atoms with van der Waals surface area (Å²) in [5.74, 6) is 1.31. The quantitative estimate of drug-likeness (QED) is 0.797. The third-order valence-corrected chi connectivity index (χ3v) is 3.46. The average molecular weight is 294 g/mol. The maximum Gasteiger partial charge on any atom is 0.230 e. The van der Waals surface area contributed by atoms with Gasteiger partial charge in [-0.05, 0) is 42.5 Å². The van der Waals surface area contributed by atoms with Gasteiger partial charge in [-0.25, -0.2) is 9.97 Å². The highest BCUT2D eigenvalue weighted by atomic mass is 16.5. The van der Waals surface area contributed by atoms with Crippen LogP contribution < -0.4 is 15.0 Å². The van der Waals surface area contributed by atoms with E-state index in [0.29, 0.717) is 5.88 Å². The molecule has 0 spiro atoms. The first kappa shape index (κ1) is 14.1. The molecule has 1 aromatic heterocycles. The zero-order valence-corrected chi connectivity index (χ0v) is 12.9. The van der Waals surface area contributed by atoms with Crippen molar-refractivity contribution < 1.29 is 4.74 Å². The van der Waals surface area contributed by atoms with Gasteiger partial charge in [-0.3, -0.25) is 0 Å². The standard InChI is InChI=1S/C17H18N4O/c1-18-12-4-7-14(8-5-12)22-17-15-9-6-13(21(2)3)10-16(15)19-11-20-17/h4-11,18H,1-3H3. The molecule has 3 aromatic rings. The molecule has 2 aromatic carbocycles. The zero-order valence-electron chi connectivity index (χ0n) is 12.9. The number of aromatic nitrogens is 2. The fourth-order valence-corrected chi connectivity index (χ4v) is 2.18. The topological polar surface area (TPSA) is 50.3 Å². The second kappa shape index (κ2) is 5.89. The Kier molecular flexibility index (Phi) is 3.78. The second-order valence-electron chi connectivity index (χ2n) is 5.15. The van der Waals surface area contributed by atoms with E-state index in [1.807, 2.05) is 68.5 Å². The van der Waals surface area contributed by atoms with E-state index in [1.165, 1.54) is 6.33 Å². The third kappa shape index (κ3) is 2.79. The van der Waals surface area contributed by atoms with Crippen molar-refractivity contribution in [1.29, 1.82) is 0 Å². The van der Waals surface area contributed by atoms with E-state index in [0.717, 1.165) is 28.0 Å². The van der Waals surface area contributed by atoms with Crippen molar-refractivity contribution in [3.63, 3.8) is 0 Å². The van der Waals surface area contributed by atoms with Gasteiger partial charge in [-0.15, -0.1) is 0 Å². The van der Waals surface area contributed by atoms with Crippen LogP contribution in [-0.4, -0.2) is 31.1 Å². The van der Waals surface area contributed by atoms with Crippen LogP contribution in [0.2, 0.25) is 0 Å². The Morgan fingerprint density at radius 2 is 1.77 bits per heavy atom. The SMILES string of the molecule is CNc1ccc(Oc2ncnc3cc(N(C)C)ccc23)cc1. The van der Waals surface area contributed by atoms with Crippen LogP contribution in [0.15, 0.2) is 48.8 Å². The summed E-state index contributed by atoms with van der Waals surface area (Å²) in [5.41, 5.74) is 2.99. The number of hydrogen-bond donors (Lipinski definition) is 1. The lowest BCUT2D eigenvalue weighted by molar-refractivity contribution is 0.468. The number of rotatable bonds is 4. The summed E-state index contributed by atoms with van der Waals surface area (Å²) in [6.45, 7) is 0. The Morgan fingerprint density at radius 1 is 1.00 bits per heavy atom. The van der Waals surface area contributed by atoms with Crippen LogP contribution in [0.4, 0.5) is 11.4 Å². The number of anilines is 2. The molecule has 112 valence electrons. The predicted molar refractivity (Wildman–Crippen MR) is 89.9 cm³/mol. The van der Waals surface area contributed by atoms with E-state index >= 15 is 0 Å². The minimum absolute atomic E-state index is 0.563. The summed E-state index contributed by atoms with van der Waals surface area (Å²) in [7, 11) is 5.89. The van der Waals surface area contributed by atoms with Gasteiger partial charge in [0.1, 0.15) is 12.1 Å². The molecule has 0 unspecified atom stereocenters. The van der Waals surface area contributed by atoms with Crippen molar-refractivity contribution in [1.82, 2.24) is 9.97 Å². The van der Waals surface area contributed by atoms with Crippen molar-refractivity contribution in [2.24, 2.45) is 0 Å². The summed E-state index contributed by atoms with van der Waals surface area (Å²) in [6.07, 6.45) is 1.53. The van der Waals surface area contributed by atoms with Gasteiger partial charge < -0.3 is 15.0 Å². The van der Waals surface area contributed by atoms with Crippen molar-refractivity contribution in [2.45, 2.75) is 0 Å². The molecular formula is C17H18N4O. The lowest BCUT2D eigenvalue weighted by atomic mass is 10.2. The normalized spacial score (nSPS) is 10.5. The molecule has 5 nitrogen and oxygen atoms in total. The van der Waals surface area contributed by atoms with Crippen molar-refractivity contribution in [2.75, 3.05) is 31.4 Å². The van der Waals surface area contributed by atoms with Gasteiger partial charge in [0.05, 0.1) is 10.9 Å². The van der Waals surface area contributed by atoms with Crippen LogP contribution in [0, 0.1) is 0 Å². The highest BCUT2D eigenvalue weighted by molar-refractivity contribution is 5.86. The van der Waals surface area contributed by atoms with E-state index in [-0.39, 0.29) is 0 Å². The smallest absolute Gasteiger partial charge is 0.230 e. The highest BCUT2D eigenvalue weighted by Gasteiger charge is 2.07. The van der Waals surface area contributed by atoms with E-state index in [9.17, 15) is 0 Å². The molecule has 0 aliphatic carbocycles. The Balaban J connectivity index is 1.96. The lowest BCUT2D eigenvalue weighted by Gasteiger charge is -2.13. The van der Waals surface area contributed by atoms with Crippen LogP contribution in [0.1, 0.15) is 0 Å². The van der Waals surface area contributed by atoms with E-state index in [4.69, 9.17) is 4.74 Å². The van der Waals surface area contributed by atoms with E-state index in [2.05, 4.69) is 15.3 Å². The van der Waals surface area contributed by atoms with Gasteiger partial charge in [0.2, 0.25) is 5.88 Å². The number of nitrogens with zero attached hydrogens (tertiary/aromatic N) is 3. The molecule has 3 rings (SSSR count). The molecule has 0 aliphatic heterocycles. The largest absolute Gasteiger partial charge is 0.438 e. The Hall–Kier alpha value is -2.82. The van der Waals surface area contributed by atoms with Gasteiger partial charge in [-0.2, -0.15) is 0 Å². The van der Waals surface area contributed by atoms with Gasteiger partial charge in [0.15, 0.2) is 0 Å². The Bertz CT molecular complexity index is 784. The van der Waals surface area contributed by atoms with Gasteiger partial charge >= 0.3 is 0 Å². The molecule has 0 atom stereocenters. The maximum absolute atomic E-state index is 5.90. The summed E-state index contributed by atoms with van der Waals surface area (Å²) in [6, 6.07) is 13.8. The Labute approximate surface area is 129 Å². The van der Waals surface area contributed by atoms with Crippen LogP contribution in [0.25, 0.3) is 10.9 Å². The maximum atomic E-state index is 5.90. The van der Waals surface area contributed by atoms with Gasteiger partial charge in [0, 0.05) is 32.5 Å². The molecule has 0 aliphatic rings. The van der Waals surface area contributed by atoms with Crippen LogP contribution in [0.5, 0.6) is 11.6 Å². The van der Waals surface area contributed by atoms with Crippen molar-refractivity contribution in [3.8, 4) is 11.6 Å². The summed E-state index contributed by atoms with van der Waals surface area (Å²) < 4.78 is 5.90. The van der Waals surface area contributed by atoms with Crippen LogP contribution in [0.3, 0.4) is 0 Å². The number of hydrogen-bond acceptors (Lipinski definition) is 5. The molecule has 5 heteroatoms. The fourth-order valence-electron chi connectivity index (χ4n) is 2.18. The first-order chi connectivity index (χ1) is 10.7. The summed E-state index contributed by atoms with van der Waals surface area (Å²) in [4.78, 5) is 10.6. The molecule has 0 amide bonds. The third-order valence-electron chi connectivity index (χ3n) is 3.46. The first-order valence-corrected chi connectivity index (χ1v) is 7.05. The van der Waals surface area contributed by atoms with Gasteiger partial charge in [-0.1, -0.05) is 0 Å². The number of ether oxygens (including phenoxy) is 1. The monoisotopic (exact) mass is 294 g/mol. The number of fused-ring (bicyclic) bond motifs is 1. The van der Waals surface area contributed by atoms with Crippen LogP contribution in [-0.2, 0) is 0 Å². The highest BCUT2D eigenvalue weighted by Crippen LogP contribution is 2.29. The molecule has 0 bridgehead atoms. The van der Waals surface area contributed by atoms with Crippen LogP contribution >= 0.6 is 0 Å². The van der Waals surface area contributed by atoms with Crippen molar-refractivity contribution in [3.05, 3.63) is 48.8 Å². The summed E-state index contributed by atoms with van der Waals surface area (Å²) >= 11 is 0. The second-order valence-corrected chi connectivity index (χ2v) is 5.15. The lowest BCUT2D eigenvalue weighted by Crippen LogP contribution is -2.08. The Morgan fingerprint density at radius 3 is 2.45 bits per heavy atom. The van der Waals surface area contributed by atoms with Gasteiger partial charge in [0.25, 0.3) is 0 Å². The first-order valence-electron chi connectivity index (χ1n) is 7.05. The average Bonchev–Trinajstić information content (AvgIpc) is 2.55. The molecule has 22 heavy (non-hydrogen) atoms. The molecule has 0 saturated carbocycles. The molecule has 1 heterocycles. The molecule has 0 saturated heterocycles. The van der Waals surface area contributed by atoms with Crippen molar-refractivity contribution >= 4 is 22.3 Å². The molecule has 0 radical (unpaired) electrons. The zero-order chi connectivity index (χ0) is 15.5. The van der Waals surface area contributed by atoms with E-state index in [1.54, 1.807) is 0 Å². The fraction of sp³-hybridized carbons (Fsp3) is 0.176. The minimum atomic E-state index is 0.563. The summed E-state index contributed by atoms with van der Waals surface area (Å²) in [5, 5.41) is 3.97. The number of nitrogens with one attached hydrogen (secondary N) is 1. The molecule has 0 fully saturated rings. The number of benzene rings is 2. The minimum Gasteiger partial charge on any atom is -0.438 e. The van der Waals surface area contributed by atoms with E-state index < -0.39 is 0 Å². The molecular weight excluding hydrogens is 276 g/mol. The predicted octanol–water partition coefficient (Wildman–Crippen LogP) is 3.53. The molecule has 1 N–H and O–H groups in total.